The van der Waals surface area contributed by atoms with Gasteiger partial charge in [-0.3, -0.25) is 4.98 Å². The van der Waals surface area contributed by atoms with Gasteiger partial charge in [-0.05, 0) is 18.2 Å². The molecule has 2 rings (SSSR count). The molecule has 1 aromatic heterocycles. The molecule has 0 amide bonds. The number of aromatic amines is 2. The highest BCUT2D eigenvalue weighted by atomic mass is 35.5. The van der Waals surface area contributed by atoms with Crippen molar-refractivity contribution in [3.8, 4) is 11.4 Å². The average Bonchev–Trinajstić information content (AvgIpc) is 2.50. The van der Waals surface area contributed by atoms with Crippen LogP contribution in [0.5, 0.6) is 0 Å². The maximum Gasteiger partial charge on any atom is 0.340 e. The Bertz CT molecular complexity index is 497. The molecule has 0 saturated carbocycles. The van der Waals surface area contributed by atoms with Crippen LogP contribution in [0.25, 0.3) is 11.4 Å². The molecule has 4 nitrogen and oxygen atoms in total. The van der Waals surface area contributed by atoms with Gasteiger partial charge in [0.15, 0.2) is 5.82 Å². The third kappa shape index (κ3) is 1.81. The molecule has 0 fully saturated rings. The van der Waals surface area contributed by atoms with Crippen molar-refractivity contribution in [2.45, 2.75) is 0 Å². The van der Waals surface area contributed by atoms with Crippen LogP contribution in [0.2, 0.25) is 10.0 Å². The first-order valence-electron chi connectivity index (χ1n) is 3.76. The highest BCUT2D eigenvalue weighted by molar-refractivity contribution is 6.35. The average molecular weight is 230 g/mol. The molecule has 72 valence electrons. The Labute approximate surface area is 88.9 Å². The Morgan fingerprint density at radius 1 is 1.14 bits per heavy atom. The predicted octanol–water partition coefficient (Wildman–Crippen LogP) is 2.07. The quantitative estimate of drug-likeness (QED) is 0.787. The summed E-state index contributed by atoms with van der Waals surface area (Å²) >= 11 is 11.6. The first-order valence-corrected chi connectivity index (χ1v) is 4.52. The maximum atomic E-state index is 10.8. The molecule has 0 aliphatic carbocycles. The molecule has 2 aromatic rings. The van der Waals surface area contributed by atoms with E-state index in [9.17, 15) is 4.79 Å². The summed E-state index contributed by atoms with van der Waals surface area (Å²) in [5, 5.41) is 7.01. The van der Waals surface area contributed by atoms with Crippen LogP contribution in [0, 0.1) is 0 Å². The Hall–Kier alpha value is -1.26. The van der Waals surface area contributed by atoms with Crippen LogP contribution in [-0.4, -0.2) is 15.2 Å². The zero-order valence-electron chi connectivity index (χ0n) is 6.84. The Morgan fingerprint density at radius 3 is 2.29 bits per heavy atom. The number of halogens is 2. The number of aromatic nitrogens is 3. The van der Waals surface area contributed by atoms with Crippen molar-refractivity contribution in [3.63, 3.8) is 0 Å². The van der Waals surface area contributed by atoms with E-state index in [2.05, 4.69) is 15.2 Å². The van der Waals surface area contributed by atoms with E-state index >= 15 is 0 Å². The molecule has 0 aliphatic heterocycles. The van der Waals surface area contributed by atoms with E-state index in [0.29, 0.717) is 21.4 Å². The summed E-state index contributed by atoms with van der Waals surface area (Å²) in [6.45, 7) is 0. The summed E-state index contributed by atoms with van der Waals surface area (Å²) in [5.74, 6) is 0.416. The minimum Gasteiger partial charge on any atom is -0.289 e. The predicted molar refractivity (Wildman–Crippen MR) is 54.7 cm³/mol. The Balaban J connectivity index is 2.56. The van der Waals surface area contributed by atoms with E-state index in [0.717, 1.165) is 0 Å². The highest BCUT2D eigenvalue weighted by Gasteiger charge is 2.04. The molecule has 0 saturated heterocycles. The molecule has 14 heavy (non-hydrogen) atoms. The van der Waals surface area contributed by atoms with Gasteiger partial charge < -0.3 is 0 Å². The van der Waals surface area contributed by atoms with E-state index < -0.39 is 0 Å². The van der Waals surface area contributed by atoms with E-state index in [1.54, 1.807) is 18.2 Å². The van der Waals surface area contributed by atoms with Crippen molar-refractivity contribution >= 4 is 23.2 Å². The molecule has 0 atom stereocenters. The summed E-state index contributed by atoms with van der Waals surface area (Å²) in [6.07, 6.45) is 0. The summed E-state index contributed by atoms with van der Waals surface area (Å²) < 4.78 is 0. The Morgan fingerprint density at radius 2 is 1.79 bits per heavy atom. The minimum atomic E-state index is -0.365. The summed E-state index contributed by atoms with van der Waals surface area (Å²) in [7, 11) is 0. The van der Waals surface area contributed by atoms with Crippen LogP contribution >= 0.6 is 23.2 Å². The second-order valence-corrected chi connectivity index (χ2v) is 3.56. The lowest BCUT2D eigenvalue weighted by Gasteiger charge is -1.97. The smallest absolute Gasteiger partial charge is 0.289 e. The fraction of sp³-hybridized carbons (Fsp3) is 0. The molecule has 2 N–H and O–H groups in total. The van der Waals surface area contributed by atoms with Gasteiger partial charge in [0.25, 0.3) is 0 Å². The van der Waals surface area contributed by atoms with Crippen molar-refractivity contribution in [2.75, 3.05) is 0 Å². The van der Waals surface area contributed by atoms with Crippen molar-refractivity contribution < 1.29 is 0 Å². The molecule has 1 heterocycles. The van der Waals surface area contributed by atoms with Crippen LogP contribution in [0.1, 0.15) is 0 Å². The molecule has 0 unspecified atom stereocenters. The van der Waals surface area contributed by atoms with Crippen molar-refractivity contribution in [2.24, 2.45) is 0 Å². The second kappa shape index (κ2) is 3.48. The zero-order valence-corrected chi connectivity index (χ0v) is 8.36. The van der Waals surface area contributed by atoms with E-state index in [1.807, 2.05) is 0 Å². The van der Waals surface area contributed by atoms with Gasteiger partial charge in [-0.25, -0.2) is 9.89 Å². The largest absolute Gasteiger partial charge is 0.340 e. The molecule has 0 bridgehead atoms. The molecular formula is C8H5Cl2N3O. The minimum absolute atomic E-state index is 0.365. The monoisotopic (exact) mass is 229 g/mol. The van der Waals surface area contributed by atoms with Crippen LogP contribution in [0.4, 0.5) is 0 Å². The lowest BCUT2D eigenvalue weighted by molar-refractivity contribution is 1.05. The number of rotatable bonds is 1. The number of H-pyrrole nitrogens is 2. The number of nitrogens with zero attached hydrogens (tertiary/aromatic N) is 1. The highest BCUT2D eigenvalue weighted by Crippen LogP contribution is 2.23. The van der Waals surface area contributed by atoms with E-state index in [4.69, 9.17) is 23.2 Å². The van der Waals surface area contributed by atoms with E-state index in [1.165, 1.54) is 0 Å². The fourth-order valence-corrected chi connectivity index (χ4v) is 1.62. The van der Waals surface area contributed by atoms with Crippen molar-refractivity contribution in [1.82, 2.24) is 15.2 Å². The first kappa shape index (κ1) is 9.30. The standard InChI is InChI=1S/C8H5Cl2N3O/c9-5-1-4(2-6(10)3-5)7-11-8(14)13-12-7/h1-3H,(H2,11,12,13,14). The summed E-state index contributed by atoms with van der Waals surface area (Å²) in [6, 6.07) is 4.94. The van der Waals surface area contributed by atoms with Gasteiger partial charge in [0.05, 0.1) is 0 Å². The number of hydrogen-bond acceptors (Lipinski definition) is 2. The normalized spacial score (nSPS) is 10.4. The fourth-order valence-electron chi connectivity index (χ4n) is 1.10. The van der Waals surface area contributed by atoms with Crippen LogP contribution in [-0.2, 0) is 0 Å². The Kier molecular flexibility index (Phi) is 2.31. The molecular weight excluding hydrogens is 225 g/mol. The third-order valence-electron chi connectivity index (χ3n) is 1.64. The number of nitrogens with one attached hydrogen (secondary N) is 2. The summed E-state index contributed by atoms with van der Waals surface area (Å²) in [5.41, 5.74) is 0.303. The lowest BCUT2D eigenvalue weighted by Crippen LogP contribution is -2.00. The SMILES string of the molecule is O=c1[nH]nc(-c2cc(Cl)cc(Cl)c2)[nH]1. The van der Waals surface area contributed by atoms with Gasteiger partial charge in [0.1, 0.15) is 0 Å². The molecule has 0 radical (unpaired) electrons. The van der Waals surface area contributed by atoms with Crippen LogP contribution < -0.4 is 5.69 Å². The topological polar surface area (TPSA) is 61.5 Å². The zero-order chi connectivity index (χ0) is 10.1. The van der Waals surface area contributed by atoms with Gasteiger partial charge in [-0.1, -0.05) is 23.2 Å². The van der Waals surface area contributed by atoms with Gasteiger partial charge in [-0.15, -0.1) is 0 Å². The van der Waals surface area contributed by atoms with E-state index in [-0.39, 0.29) is 5.69 Å². The molecule has 0 spiro atoms. The first-order chi connectivity index (χ1) is 6.65. The van der Waals surface area contributed by atoms with Crippen molar-refractivity contribution in [3.05, 3.63) is 38.7 Å². The molecule has 1 aromatic carbocycles. The maximum absolute atomic E-state index is 10.8. The molecule has 6 heteroatoms. The summed E-state index contributed by atoms with van der Waals surface area (Å²) in [4.78, 5) is 13.3. The number of hydrogen-bond donors (Lipinski definition) is 2. The number of benzene rings is 1. The lowest BCUT2D eigenvalue weighted by atomic mass is 10.2. The van der Waals surface area contributed by atoms with Crippen LogP contribution in [0.3, 0.4) is 0 Å². The third-order valence-corrected chi connectivity index (χ3v) is 2.07. The van der Waals surface area contributed by atoms with Gasteiger partial charge in [-0.2, -0.15) is 5.10 Å². The van der Waals surface area contributed by atoms with Crippen LogP contribution in [0.15, 0.2) is 23.0 Å². The second-order valence-electron chi connectivity index (χ2n) is 2.68. The van der Waals surface area contributed by atoms with Gasteiger partial charge >= 0.3 is 5.69 Å². The van der Waals surface area contributed by atoms with Crippen molar-refractivity contribution in [1.29, 1.82) is 0 Å². The molecule has 0 aliphatic rings. The van der Waals surface area contributed by atoms with Gasteiger partial charge in [0, 0.05) is 15.6 Å². The van der Waals surface area contributed by atoms with Gasteiger partial charge in [0.2, 0.25) is 0 Å².